The van der Waals surface area contributed by atoms with Gasteiger partial charge in [0.05, 0.1) is 0 Å². The van der Waals surface area contributed by atoms with Gasteiger partial charge in [-0.3, -0.25) is 9.59 Å². The Labute approximate surface area is 99.6 Å². The number of benzene rings is 1. The van der Waals surface area contributed by atoms with E-state index >= 15 is 0 Å². The molecule has 1 aliphatic carbocycles. The van der Waals surface area contributed by atoms with Crippen molar-refractivity contribution in [1.82, 2.24) is 5.32 Å². The Kier molecular flexibility index (Phi) is 3.13. The van der Waals surface area contributed by atoms with Gasteiger partial charge in [-0.25, -0.2) is 0 Å². The lowest BCUT2D eigenvalue weighted by atomic mass is 10.0. The van der Waals surface area contributed by atoms with Crippen LogP contribution < -0.4 is 5.32 Å². The summed E-state index contributed by atoms with van der Waals surface area (Å²) in [5.74, 6) is -0.965. The number of rotatable bonds is 4. The van der Waals surface area contributed by atoms with Crippen molar-refractivity contribution in [3.63, 3.8) is 0 Å². The van der Waals surface area contributed by atoms with E-state index in [0.29, 0.717) is 0 Å². The summed E-state index contributed by atoms with van der Waals surface area (Å²) >= 11 is 0. The van der Waals surface area contributed by atoms with E-state index in [1.807, 2.05) is 31.2 Å². The fraction of sp³-hybridized carbons (Fsp3) is 0.385. The number of carbonyl (C=O) groups is 2. The number of aryl methyl sites for hydroxylation is 1. The Balaban J connectivity index is 1.94. The Morgan fingerprint density at radius 2 is 2.12 bits per heavy atom. The van der Waals surface area contributed by atoms with E-state index in [2.05, 4.69) is 5.32 Å². The van der Waals surface area contributed by atoms with Gasteiger partial charge in [-0.15, -0.1) is 0 Å². The molecule has 0 spiro atoms. The normalized spacial score (nSPS) is 21.9. The van der Waals surface area contributed by atoms with Gasteiger partial charge in [0.25, 0.3) is 0 Å². The molecule has 2 rings (SSSR count). The van der Waals surface area contributed by atoms with Crippen LogP contribution in [0.15, 0.2) is 24.3 Å². The lowest BCUT2D eigenvalue weighted by Crippen LogP contribution is -2.30. The molecule has 1 aliphatic rings. The minimum absolute atomic E-state index is 0.0598. The highest BCUT2D eigenvalue weighted by Crippen LogP contribution is 2.48. The van der Waals surface area contributed by atoms with E-state index in [1.165, 1.54) is 11.1 Å². The first-order valence-electron chi connectivity index (χ1n) is 5.64. The minimum Gasteiger partial charge on any atom is -0.480 e. The molecule has 17 heavy (non-hydrogen) atoms. The Morgan fingerprint density at radius 3 is 2.76 bits per heavy atom. The third kappa shape index (κ3) is 2.64. The fourth-order valence-corrected chi connectivity index (χ4v) is 2.13. The molecule has 90 valence electrons. The molecule has 4 nitrogen and oxygen atoms in total. The first kappa shape index (κ1) is 11.6. The van der Waals surface area contributed by atoms with Crippen LogP contribution in [0, 0.1) is 12.8 Å². The molecule has 0 bridgehead atoms. The fourth-order valence-electron chi connectivity index (χ4n) is 2.13. The van der Waals surface area contributed by atoms with Crippen LogP contribution in [0.3, 0.4) is 0 Å². The van der Waals surface area contributed by atoms with Crippen LogP contribution in [0.5, 0.6) is 0 Å². The minimum atomic E-state index is -1.01. The second-order valence-corrected chi connectivity index (χ2v) is 4.42. The standard InChI is InChI=1S/C13H15NO3/c1-8-4-2-3-5-9(8)10-6-11(10)13(17)14-7-12(15)16/h2-5,10-11H,6-7H2,1H3,(H,14,17)(H,15,16). The van der Waals surface area contributed by atoms with Gasteiger partial charge in [0.1, 0.15) is 6.54 Å². The number of aliphatic carboxylic acids is 1. The second kappa shape index (κ2) is 4.57. The SMILES string of the molecule is Cc1ccccc1C1CC1C(=O)NCC(=O)O. The van der Waals surface area contributed by atoms with Crippen molar-refractivity contribution in [1.29, 1.82) is 0 Å². The maximum absolute atomic E-state index is 11.6. The van der Waals surface area contributed by atoms with Crippen LogP contribution in [-0.4, -0.2) is 23.5 Å². The molecule has 1 aromatic carbocycles. The van der Waals surface area contributed by atoms with E-state index in [1.54, 1.807) is 0 Å². The van der Waals surface area contributed by atoms with E-state index in [4.69, 9.17) is 5.11 Å². The molecule has 0 saturated heterocycles. The first-order valence-corrected chi connectivity index (χ1v) is 5.64. The molecule has 0 heterocycles. The summed E-state index contributed by atoms with van der Waals surface area (Å²) in [6.07, 6.45) is 0.816. The van der Waals surface area contributed by atoms with E-state index < -0.39 is 5.97 Å². The molecule has 4 heteroatoms. The molecule has 2 atom stereocenters. The van der Waals surface area contributed by atoms with Gasteiger partial charge in [0, 0.05) is 5.92 Å². The molecule has 1 saturated carbocycles. The zero-order chi connectivity index (χ0) is 12.4. The number of carboxylic acids is 1. The van der Waals surface area contributed by atoms with Crippen molar-refractivity contribution in [3.8, 4) is 0 Å². The lowest BCUT2D eigenvalue weighted by Gasteiger charge is -2.04. The molecule has 2 unspecified atom stereocenters. The summed E-state index contributed by atoms with van der Waals surface area (Å²) < 4.78 is 0. The van der Waals surface area contributed by atoms with Crippen LogP contribution in [0.1, 0.15) is 23.5 Å². The Bertz CT molecular complexity index is 456. The zero-order valence-electron chi connectivity index (χ0n) is 9.64. The van der Waals surface area contributed by atoms with Crippen molar-refractivity contribution in [2.24, 2.45) is 5.92 Å². The van der Waals surface area contributed by atoms with Crippen LogP contribution in [0.4, 0.5) is 0 Å². The molecule has 1 aromatic rings. The van der Waals surface area contributed by atoms with E-state index in [-0.39, 0.29) is 24.3 Å². The smallest absolute Gasteiger partial charge is 0.322 e. The third-order valence-electron chi connectivity index (χ3n) is 3.13. The Morgan fingerprint density at radius 1 is 1.41 bits per heavy atom. The van der Waals surface area contributed by atoms with Crippen LogP contribution in [0.25, 0.3) is 0 Å². The van der Waals surface area contributed by atoms with Crippen LogP contribution in [-0.2, 0) is 9.59 Å². The molecule has 0 radical (unpaired) electrons. The number of hydrogen-bond acceptors (Lipinski definition) is 2. The summed E-state index contributed by atoms with van der Waals surface area (Å²) in [5, 5.41) is 10.9. The average molecular weight is 233 g/mol. The Hall–Kier alpha value is -1.84. The number of hydrogen-bond donors (Lipinski definition) is 2. The first-order chi connectivity index (χ1) is 8.09. The average Bonchev–Trinajstić information content (AvgIpc) is 3.06. The van der Waals surface area contributed by atoms with Crippen LogP contribution >= 0.6 is 0 Å². The summed E-state index contributed by atoms with van der Waals surface area (Å²) in [7, 11) is 0. The van der Waals surface area contributed by atoms with Crippen molar-refractivity contribution >= 4 is 11.9 Å². The van der Waals surface area contributed by atoms with Gasteiger partial charge >= 0.3 is 5.97 Å². The predicted molar refractivity (Wildman–Crippen MR) is 62.7 cm³/mol. The van der Waals surface area contributed by atoms with Crippen molar-refractivity contribution in [2.45, 2.75) is 19.3 Å². The number of amides is 1. The van der Waals surface area contributed by atoms with E-state index in [9.17, 15) is 9.59 Å². The molecule has 0 aromatic heterocycles. The topological polar surface area (TPSA) is 66.4 Å². The van der Waals surface area contributed by atoms with Gasteiger partial charge in [-0.2, -0.15) is 0 Å². The van der Waals surface area contributed by atoms with Crippen molar-refractivity contribution < 1.29 is 14.7 Å². The highest BCUT2D eigenvalue weighted by atomic mass is 16.4. The largest absolute Gasteiger partial charge is 0.480 e. The number of nitrogens with one attached hydrogen (secondary N) is 1. The van der Waals surface area contributed by atoms with E-state index in [0.717, 1.165) is 6.42 Å². The van der Waals surface area contributed by atoms with Gasteiger partial charge in [0.15, 0.2) is 0 Å². The van der Waals surface area contributed by atoms with Gasteiger partial charge in [-0.05, 0) is 30.4 Å². The summed E-state index contributed by atoms with van der Waals surface area (Å²) in [4.78, 5) is 22.0. The monoisotopic (exact) mass is 233 g/mol. The number of carboxylic acid groups (broad SMARTS) is 1. The van der Waals surface area contributed by atoms with Crippen LogP contribution in [0.2, 0.25) is 0 Å². The van der Waals surface area contributed by atoms with Crippen molar-refractivity contribution in [2.75, 3.05) is 6.54 Å². The van der Waals surface area contributed by atoms with Gasteiger partial charge in [0.2, 0.25) is 5.91 Å². The lowest BCUT2D eigenvalue weighted by molar-refractivity contribution is -0.138. The molecule has 2 N–H and O–H groups in total. The maximum atomic E-state index is 11.6. The number of carbonyl (C=O) groups excluding carboxylic acids is 1. The molecular weight excluding hydrogens is 218 g/mol. The molecular formula is C13H15NO3. The summed E-state index contributed by atoms with van der Waals surface area (Å²) in [6.45, 7) is 1.73. The maximum Gasteiger partial charge on any atom is 0.322 e. The van der Waals surface area contributed by atoms with Gasteiger partial charge in [-0.1, -0.05) is 24.3 Å². The second-order valence-electron chi connectivity index (χ2n) is 4.42. The molecule has 0 aliphatic heterocycles. The zero-order valence-corrected chi connectivity index (χ0v) is 9.64. The highest BCUT2D eigenvalue weighted by Gasteiger charge is 2.44. The predicted octanol–water partition coefficient (Wildman–Crippen LogP) is 1.30. The van der Waals surface area contributed by atoms with Gasteiger partial charge < -0.3 is 10.4 Å². The van der Waals surface area contributed by atoms with Crippen molar-refractivity contribution in [3.05, 3.63) is 35.4 Å². The molecule has 1 amide bonds. The highest BCUT2D eigenvalue weighted by molar-refractivity contribution is 5.86. The summed E-state index contributed by atoms with van der Waals surface area (Å²) in [5.41, 5.74) is 2.38. The quantitative estimate of drug-likeness (QED) is 0.823. The third-order valence-corrected chi connectivity index (χ3v) is 3.13. The molecule has 1 fully saturated rings. The summed E-state index contributed by atoms with van der Waals surface area (Å²) in [6, 6.07) is 8.00.